The number of benzene rings is 1. The van der Waals surface area contributed by atoms with Crippen molar-refractivity contribution in [2.45, 2.75) is 51.9 Å². The lowest BCUT2D eigenvalue weighted by atomic mass is 9.97. The van der Waals surface area contributed by atoms with Gasteiger partial charge in [0.1, 0.15) is 0 Å². The van der Waals surface area contributed by atoms with Crippen LogP contribution in [0.5, 0.6) is 0 Å². The summed E-state index contributed by atoms with van der Waals surface area (Å²) in [6, 6.07) is 5.78. The van der Waals surface area contributed by atoms with E-state index in [4.69, 9.17) is 0 Å². The monoisotopic (exact) mass is 404 g/mol. The molecule has 0 saturated carbocycles. The quantitative estimate of drug-likeness (QED) is 0.334. The van der Waals surface area contributed by atoms with Gasteiger partial charge in [-0.1, -0.05) is 26.2 Å². The van der Waals surface area contributed by atoms with Crippen molar-refractivity contribution in [2.75, 3.05) is 31.5 Å². The summed E-state index contributed by atoms with van der Waals surface area (Å²) in [5.41, 5.74) is 0.533. The molecule has 1 heterocycles. The van der Waals surface area contributed by atoms with Crippen LogP contribution in [0.1, 0.15) is 51.9 Å². The molecule has 2 rings (SSSR count). The van der Waals surface area contributed by atoms with E-state index in [1.807, 2.05) is 0 Å². The molecule has 1 fully saturated rings. The molecule has 0 bridgehead atoms. The van der Waals surface area contributed by atoms with Gasteiger partial charge in [0.25, 0.3) is 5.69 Å². The molecule has 1 aliphatic heterocycles. The second-order valence-corrected chi connectivity index (χ2v) is 7.59. The van der Waals surface area contributed by atoms with E-state index in [-0.39, 0.29) is 23.4 Å². The summed E-state index contributed by atoms with van der Waals surface area (Å²) in [7, 11) is 0. The molecule has 1 aliphatic rings. The Hall–Kier alpha value is -2.48. The number of carbonyl (C=O) groups is 2. The number of unbranched alkanes of at least 4 members (excludes halogenated alkanes) is 3. The molecule has 0 aromatic heterocycles. The number of hydrogen-bond acceptors (Lipinski definition) is 5. The molecule has 2 amide bonds. The third-order valence-electron chi connectivity index (χ3n) is 5.22. The average Bonchev–Trinajstić information content (AvgIpc) is 2.72. The van der Waals surface area contributed by atoms with Gasteiger partial charge < -0.3 is 15.5 Å². The molecule has 1 unspecified atom stereocenters. The zero-order valence-electron chi connectivity index (χ0n) is 17.2. The van der Waals surface area contributed by atoms with E-state index >= 15 is 0 Å². The van der Waals surface area contributed by atoms with E-state index in [0.29, 0.717) is 25.2 Å². The lowest BCUT2D eigenvalue weighted by molar-refractivity contribution is -0.384. The highest BCUT2D eigenvalue weighted by Crippen LogP contribution is 2.18. The Labute approximate surface area is 172 Å². The lowest BCUT2D eigenvalue weighted by Crippen LogP contribution is -2.44. The zero-order valence-corrected chi connectivity index (χ0v) is 17.2. The van der Waals surface area contributed by atoms with Gasteiger partial charge in [0.05, 0.1) is 10.8 Å². The molecular formula is C21H32N4O4. The molecule has 2 N–H and O–H groups in total. The number of rotatable bonds is 11. The van der Waals surface area contributed by atoms with Crippen LogP contribution in [0.2, 0.25) is 0 Å². The van der Waals surface area contributed by atoms with Crippen molar-refractivity contribution in [3.8, 4) is 0 Å². The van der Waals surface area contributed by atoms with E-state index in [1.54, 1.807) is 0 Å². The summed E-state index contributed by atoms with van der Waals surface area (Å²) >= 11 is 0. The lowest BCUT2D eigenvalue weighted by Gasteiger charge is -2.31. The maximum Gasteiger partial charge on any atom is 0.269 e. The number of nitro benzene ring substituents is 1. The first-order valence-electron chi connectivity index (χ1n) is 10.5. The fourth-order valence-electron chi connectivity index (χ4n) is 3.53. The Balaban J connectivity index is 1.69. The van der Waals surface area contributed by atoms with Crippen molar-refractivity contribution < 1.29 is 14.5 Å². The van der Waals surface area contributed by atoms with Crippen molar-refractivity contribution in [1.82, 2.24) is 10.2 Å². The molecule has 0 spiro atoms. The fraction of sp³-hybridized carbons (Fsp3) is 0.619. The Morgan fingerprint density at radius 1 is 1.21 bits per heavy atom. The van der Waals surface area contributed by atoms with Crippen molar-refractivity contribution in [2.24, 2.45) is 5.92 Å². The predicted molar refractivity (Wildman–Crippen MR) is 113 cm³/mol. The van der Waals surface area contributed by atoms with Gasteiger partial charge in [-0.25, -0.2) is 0 Å². The fourth-order valence-corrected chi connectivity index (χ4v) is 3.53. The van der Waals surface area contributed by atoms with Gasteiger partial charge >= 0.3 is 0 Å². The minimum atomic E-state index is -0.472. The van der Waals surface area contributed by atoms with E-state index in [0.717, 1.165) is 38.8 Å². The SMILES string of the molecule is CCCCCCNC(=O)C1CCCN(CCC(=O)Nc2ccc([N+](=O)[O-])cc2)C1. The van der Waals surface area contributed by atoms with Crippen LogP contribution in [0.3, 0.4) is 0 Å². The molecule has 8 heteroatoms. The van der Waals surface area contributed by atoms with E-state index in [1.165, 1.54) is 37.1 Å². The van der Waals surface area contributed by atoms with Crippen molar-refractivity contribution in [1.29, 1.82) is 0 Å². The number of nitrogens with one attached hydrogen (secondary N) is 2. The summed E-state index contributed by atoms with van der Waals surface area (Å²) in [6.45, 7) is 5.09. The minimum Gasteiger partial charge on any atom is -0.356 e. The second kappa shape index (κ2) is 12.2. The molecule has 1 aromatic rings. The molecule has 29 heavy (non-hydrogen) atoms. The third kappa shape index (κ3) is 8.19. The number of anilines is 1. The Bertz CT molecular complexity index is 678. The first-order valence-corrected chi connectivity index (χ1v) is 10.5. The molecule has 1 aromatic carbocycles. The molecule has 0 radical (unpaired) electrons. The number of likely N-dealkylation sites (tertiary alicyclic amines) is 1. The number of amides is 2. The summed E-state index contributed by atoms with van der Waals surface area (Å²) in [6.07, 6.45) is 6.74. The van der Waals surface area contributed by atoms with Gasteiger partial charge in [0.2, 0.25) is 11.8 Å². The van der Waals surface area contributed by atoms with Crippen LogP contribution in [0.4, 0.5) is 11.4 Å². The van der Waals surface area contributed by atoms with Crippen LogP contribution in [0, 0.1) is 16.0 Å². The highest BCUT2D eigenvalue weighted by molar-refractivity contribution is 5.90. The first kappa shape index (κ1) is 22.8. The van der Waals surface area contributed by atoms with E-state index in [2.05, 4.69) is 22.5 Å². The van der Waals surface area contributed by atoms with E-state index in [9.17, 15) is 19.7 Å². The molecule has 8 nitrogen and oxygen atoms in total. The van der Waals surface area contributed by atoms with Gasteiger partial charge in [-0.3, -0.25) is 19.7 Å². The summed E-state index contributed by atoms with van der Waals surface area (Å²) in [5.74, 6) is -0.0180. The largest absolute Gasteiger partial charge is 0.356 e. The van der Waals surface area contributed by atoms with Crippen LogP contribution in [-0.4, -0.2) is 47.8 Å². The van der Waals surface area contributed by atoms with Crippen LogP contribution in [-0.2, 0) is 9.59 Å². The smallest absolute Gasteiger partial charge is 0.269 e. The number of piperidine rings is 1. The van der Waals surface area contributed by atoms with Gasteiger partial charge in [-0.15, -0.1) is 0 Å². The topological polar surface area (TPSA) is 105 Å². The highest BCUT2D eigenvalue weighted by atomic mass is 16.6. The Kier molecular flexibility index (Phi) is 9.56. The van der Waals surface area contributed by atoms with Gasteiger partial charge in [-0.2, -0.15) is 0 Å². The molecule has 1 saturated heterocycles. The number of non-ortho nitro benzene ring substituents is 1. The van der Waals surface area contributed by atoms with Crippen LogP contribution in [0.15, 0.2) is 24.3 Å². The van der Waals surface area contributed by atoms with Gasteiger partial charge in [0, 0.05) is 43.9 Å². The van der Waals surface area contributed by atoms with Gasteiger partial charge in [0.15, 0.2) is 0 Å². The van der Waals surface area contributed by atoms with Crippen molar-refractivity contribution in [3.63, 3.8) is 0 Å². The Morgan fingerprint density at radius 3 is 2.66 bits per heavy atom. The van der Waals surface area contributed by atoms with Crippen LogP contribution in [0.25, 0.3) is 0 Å². The van der Waals surface area contributed by atoms with Crippen LogP contribution >= 0.6 is 0 Å². The molecular weight excluding hydrogens is 372 g/mol. The maximum absolute atomic E-state index is 12.4. The molecule has 160 valence electrons. The first-order chi connectivity index (χ1) is 14.0. The van der Waals surface area contributed by atoms with Crippen molar-refractivity contribution >= 4 is 23.2 Å². The number of nitro groups is 1. The number of hydrogen-bond donors (Lipinski definition) is 2. The minimum absolute atomic E-state index is 0.00680. The van der Waals surface area contributed by atoms with Gasteiger partial charge in [-0.05, 0) is 37.9 Å². The Morgan fingerprint density at radius 2 is 1.97 bits per heavy atom. The number of carbonyl (C=O) groups excluding carboxylic acids is 2. The second-order valence-electron chi connectivity index (χ2n) is 7.59. The highest BCUT2D eigenvalue weighted by Gasteiger charge is 2.25. The average molecular weight is 405 g/mol. The standard InChI is InChI=1S/C21H32N4O4/c1-2-3-4-5-13-22-21(27)17-7-6-14-24(16-17)15-12-20(26)23-18-8-10-19(11-9-18)25(28)29/h8-11,17H,2-7,12-16H2,1H3,(H,22,27)(H,23,26). The number of nitrogens with zero attached hydrogens (tertiary/aromatic N) is 2. The van der Waals surface area contributed by atoms with E-state index < -0.39 is 4.92 Å². The summed E-state index contributed by atoms with van der Waals surface area (Å²) in [4.78, 5) is 36.9. The maximum atomic E-state index is 12.4. The van der Waals surface area contributed by atoms with Crippen molar-refractivity contribution in [3.05, 3.63) is 34.4 Å². The summed E-state index contributed by atoms with van der Waals surface area (Å²) in [5, 5.41) is 16.5. The zero-order chi connectivity index (χ0) is 21.1. The summed E-state index contributed by atoms with van der Waals surface area (Å²) < 4.78 is 0. The molecule has 0 aliphatic carbocycles. The van der Waals surface area contributed by atoms with Crippen LogP contribution < -0.4 is 10.6 Å². The third-order valence-corrected chi connectivity index (χ3v) is 5.22. The molecule has 1 atom stereocenters. The predicted octanol–water partition coefficient (Wildman–Crippen LogP) is 3.33. The normalized spacial score (nSPS) is 16.9.